The van der Waals surface area contributed by atoms with E-state index in [4.69, 9.17) is 4.74 Å². The van der Waals surface area contributed by atoms with Gasteiger partial charge in [-0.2, -0.15) is 17.0 Å². The van der Waals surface area contributed by atoms with Crippen molar-refractivity contribution in [3.63, 3.8) is 0 Å². The quantitative estimate of drug-likeness (QED) is 0.649. The van der Waals surface area contributed by atoms with Gasteiger partial charge in [0.25, 0.3) is 10.2 Å². The van der Waals surface area contributed by atoms with Crippen LogP contribution in [-0.2, 0) is 19.7 Å². The van der Waals surface area contributed by atoms with Crippen molar-refractivity contribution in [3.05, 3.63) is 0 Å². The Morgan fingerprint density at radius 2 is 2.14 bits per heavy atom. The minimum atomic E-state index is -3.64. The Morgan fingerprint density at radius 1 is 1.33 bits per heavy atom. The molecule has 21 heavy (non-hydrogen) atoms. The van der Waals surface area contributed by atoms with E-state index < -0.39 is 16.3 Å². The number of rotatable bonds is 4. The maximum absolute atomic E-state index is 12.8. The van der Waals surface area contributed by atoms with Gasteiger partial charge in [0.05, 0.1) is 13.2 Å². The lowest BCUT2D eigenvalue weighted by molar-refractivity contribution is -0.129. The number of likely N-dealkylation sites (N-methyl/N-ethyl adjacent to an activating group) is 1. The molecule has 9 heteroatoms. The van der Waals surface area contributed by atoms with Gasteiger partial charge in [0.1, 0.15) is 6.04 Å². The highest BCUT2D eigenvalue weighted by atomic mass is 32.2. The zero-order valence-corrected chi connectivity index (χ0v) is 13.2. The first kappa shape index (κ1) is 16.6. The van der Waals surface area contributed by atoms with Gasteiger partial charge in [-0.05, 0) is 19.9 Å². The fourth-order valence-corrected chi connectivity index (χ4v) is 4.33. The number of nitrogens with one attached hydrogen (secondary N) is 2. The van der Waals surface area contributed by atoms with Gasteiger partial charge in [-0.3, -0.25) is 4.79 Å². The van der Waals surface area contributed by atoms with Crippen LogP contribution in [-0.4, -0.2) is 81.5 Å². The molecule has 1 amide bonds. The molecule has 0 bridgehead atoms. The molecule has 2 saturated heterocycles. The second-order valence-corrected chi connectivity index (χ2v) is 6.99. The SMILES string of the molecule is CCNC(=O)C1COCCN1S(=O)(=O)N1CCCNCC1. The summed E-state index contributed by atoms with van der Waals surface area (Å²) in [5, 5.41) is 5.85. The molecule has 0 aliphatic carbocycles. The summed E-state index contributed by atoms with van der Waals surface area (Å²) in [7, 11) is -3.64. The first-order valence-electron chi connectivity index (χ1n) is 7.40. The molecule has 0 radical (unpaired) electrons. The number of hydrogen-bond acceptors (Lipinski definition) is 5. The van der Waals surface area contributed by atoms with E-state index in [2.05, 4.69) is 10.6 Å². The zero-order chi connectivity index (χ0) is 15.3. The van der Waals surface area contributed by atoms with Crippen LogP contribution in [0.15, 0.2) is 0 Å². The van der Waals surface area contributed by atoms with Crippen molar-refractivity contribution in [2.24, 2.45) is 0 Å². The lowest BCUT2D eigenvalue weighted by Gasteiger charge is -2.36. The van der Waals surface area contributed by atoms with E-state index in [-0.39, 0.29) is 19.1 Å². The van der Waals surface area contributed by atoms with Gasteiger partial charge in [-0.15, -0.1) is 0 Å². The molecule has 8 nitrogen and oxygen atoms in total. The fraction of sp³-hybridized carbons (Fsp3) is 0.917. The molecule has 2 fully saturated rings. The highest BCUT2D eigenvalue weighted by Crippen LogP contribution is 2.17. The first-order chi connectivity index (χ1) is 10.1. The molecular weight excluding hydrogens is 296 g/mol. The van der Waals surface area contributed by atoms with E-state index in [0.29, 0.717) is 32.8 Å². The minimum absolute atomic E-state index is 0.108. The number of carbonyl (C=O) groups is 1. The Bertz CT molecular complexity index is 448. The van der Waals surface area contributed by atoms with E-state index in [1.807, 2.05) is 0 Å². The van der Waals surface area contributed by atoms with Crippen LogP contribution in [0.4, 0.5) is 0 Å². The highest BCUT2D eigenvalue weighted by Gasteiger charge is 2.40. The minimum Gasteiger partial charge on any atom is -0.378 e. The van der Waals surface area contributed by atoms with E-state index in [1.54, 1.807) is 6.92 Å². The highest BCUT2D eigenvalue weighted by molar-refractivity contribution is 7.86. The van der Waals surface area contributed by atoms with E-state index in [0.717, 1.165) is 13.0 Å². The summed E-state index contributed by atoms with van der Waals surface area (Å²) in [4.78, 5) is 12.1. The van der Waals surface area contributed by atoms with Crippen LogP contribution in [0.2, 0.25) is 0 Å². The van der Waals surface area contributed by atoms with Crippen molar-refractivity contribution in [1.82, 2.24) is 19.2 Å². The Balaban J connectivity index is 2.16. The van der Waals surface area contributed by atoms with Gasteiger partial charge in [-0.1, -0.05) is 0 Å². The maximum Gasteiger partial charge on any atom is 0.282 e. The summed E-state index contributed by atoms with van der Waals surface area (Å²) < 4.78 is 33.6. The summed E-state index contributed by atoms with van der Waals surface area (Å²) in [6, 6.07) is -0.778. The number of amides is 1. The topological polar surface area (TPSA) is 91.0 Å². The Morgan fingerprint density at radius 3 is 2.90 bits per heavy atom. The summed E-state index contributed by atoms with van der Waals surface area (Å²) in [5.41, 5.74) is 0. The molecule has 0 aromatic carbocycles. The van der Waals surface area contributed by atoms with Crippen LogP contribution in [0.25, 0.3) is 0 Å². The molecule has 1 atom stereocenters. The van der Waals surface area contributed by atoms with Crippen LogP contribution >= 0.6 is 0 Å². The average molecular weight is 320 g/mol. The summed E-state index contributed by atoms with van der Waals surface area (Å²) in [5.74, 6) is -0.297. The van der Waals surface area contributed by atoms with Gasteiger partial charge < -0.3 is 15.4 Å². The van der Waals surface area contributed by atoms with Gasteiger partial charge >= 0.3 is 0 Å². The zero-order valence-electron chi connectivity index (χ0n) is 12.4. The lowest BCUT2D eigenvalue weighted by Crippen LogP contribution is -2.59. The molecule has 2 aliphatic heterocycles. The van der Waals surface area contributed by atoms with Crippen molar-refractivity contribution >= 4 is 16.1 Å². The Labute approximate surface area is 126 Å². The van der Waals surface area contributed by atoms with Crippen LogP contribution in [0, 0.1) is 0 Å². The standard InChI is InChI=1S/C12H24N4O4S/c1-2-14-12(17)11-10-20-9-8-16(11)21(18,19)15-6-3-4-13-5-7-15/h11,13H,2-10H2,1H3,(H,14,17). The Hall–Kier alpha value is -0.740. The fourth-order valence-electron chi connectivity index (χ4n) is 2.56. The smallest absolute Gasteiger partial charge is 0.282 e. The number of carbonyl (C=O) groups excluding carboxylic acids is 1. The molecule has 1 unspecified atom stereocenters. The predicted molar refractivity (Wildman–Crippen MR) is 78.0 cm³/mol. The van der Waals surface area contributed by atoms with Gasteiger partial charge in [0.15, 0.2) is 0 Å². The van der Waals surface area contributed by atoms with Gasteiger partial charge in [-0.25, -0.2) is 0 Å². The third-order valence-corrected chi connectivity index (χ3v) is 5.70. The summed E-state index contributed by atoms with van der Waals surface area (Å²) in [6.45, 7) is 5.28. The second-order valence-electron chi connectivity index (χ2n) is 5.11. The van der Waals surface area contributed by atoms with E-state index >= 15 is 0 Å². The second kappa shape index (κ2) is 7.50. The molecule has 0 aromatic heterocycles. The van der Waals surface area contributed by atoms with Crippen LogP contribution in [0.5, 0.6) is 0 Å². The van der Waals surface area contributed by atoms with Crippen LogP contribution in [0.3, 0.4) is 0 Å². The molecule has 2 heterocycles. The molecule has 2 N–H and O–H groups in total. The first-order valence-corrected chi connectivity index (χ1v) is 8.80. The molecule has 0 aromatic rings. The van der Waals surface area contributed by atoms with E-state index in [9.17, 15) is 13.2 Å². The van der Waals surface area contributed by atoms with Crippen molar-refractivity contribution < 1.29 is 17.9 Å². The lowest BCUT2D eigenvalue weighted by atomic mass is 10.2. The van der Waals surface area contributed by atoms with Crippen LogP contribution < -0.4 is 10.6 Å². The molecular formula is C12H24N4O4S. The van der Waals surface area contributed by atoms with Crippen molar-refractivity contribution in [2.75, 3.05) is 52.5 Å². The predicted octanol–water partition coefficient (Wildman–Crippen LogP) is -1.64. The third kappa shape index (κ3) is 3.92. The summed E-state index contributed by atoms with van der Waals surface area (Å²) >= 11 is 0. The maximum atomic E-state index is 12.8. The van der Waals surface area contributed by atoms with Crippen molar-refractivity contribution in [2.45, 2.75) is 19.4 Å². The summed E-state index contributed by atoms with van der Waals surface area (Å²) in [6.07, 6.45) is 0.773. The van der Waals surface area contributed by atoms with Crippen LogP contribution in [0.1, 0.15) is 13.3 Å². The normalized spacial score (nSPS) is 26.2. The average Bonchev–Trinajstić information content (AvgIpc) is 2.77. The molecule has 2 rings (SSSR count). The third-order valence-electron chi connectivity index (χ3n) is 3.65. The largest absolute Gasteiger partial charge is 0.378 e. The molecule has 0 spiro atoms. The van der Waals surface area contributed by atoms with Crippen molar-refractivity contribution in [3.8, 4) is 0 Å². The Kier molecular flexibility index (Phi) is 5.94. The van der Waals surface area contributed by atoms with E-state index in [1.165, 1.54) is 8.61 Å². The monoisotopic (exact) mass is 320 g/mol. The molecule has 2 aliphatic rings. The number of morpholine rings is 1. The van der Waals surface area contributed by atoms with Gasteiger partial charge in [0, 0.05) is 32.7 Å². The van der Waals surface area contributed by atoms with Gasteiger partial charge in [0.2, 0.25) is 5.91 Å². The number of ether oxygens (including phenoxy) is 1. The number of nitrogens with zero attached hydrogens (tertiary/aromatic N) is 2. The molecule has 122 valence electrons. The van der Waals surface area contributed by atoms with Crippen molar-refractivity contribution in [1.29, 1.82) is 0 Å². The molecule has 0 saturated carbocycles. The number of hydrogen-bond donors (Lipinski definition) is 2.